The van der Waals surface area contributed by atoms with Crippen molar-refractivity contribution in [2.24, 2.45) is 4.99 Å². The summed E-state index contributed by atoms with van der Waals surface area (Å²) in [5.41, 5.74) is 6.37. The molecule has 0 fully saturated rings. The van der Waals surface area contributed by atoms with Crippen LogP contribution in [0.25, 0.3) is 17.5 Å². The third-order valence-electron chi connectivity index (χ3n) is 4.52. The average molecular weight is 394 g/mol. The smallest absolute Gasteiger partial charge is 0.144 e. The largest absolute Gasteiger partial charge is 0.492 e. The number of allylic oxidation sites excluding steroid dienone is 2. The minimum absolute atomic E-state index is 0. The number of aliphatic imine (C=N–C) groups is 1. The lowest BCUT2D eigenvalue weighted by atomic mass is 10.1. The maximum absolute atomic E-state index is 5.80. The molecule has 0 amide bonds. The van der Waals surface area contributed by atoms with Crippen molar-refractivity contribution in [3.63, 3.8) is 0 Å². The average Bonchev–Trinajstić information content (AvgIpc) is 3.43. The maximum atomic E-state index is 5.80. The summed E-state index contributed by atoms with van der Waals surface area (Å²) < 4.78 is 5.80. The summed E-state index contributed by atoms with van der Waals surface area (Å²) in [5.74, 6) is 0.843. The highest BCUT2D eigenvalue weighted by atomic mass is 35.5. The van der Waals surface area contributed by atoms with Gasteiger partial charge in [-0.05, 0) is 55.7 Å². The molecule has 1 aromatic carbocycles. The number of aryl methyl sites for hydroxylation is 1. The van der Waals surface area contributed by atoms with Gasteiger partial charge in [0.15, 0.2) is 0 Å². The SMILES string of the molecule is CCOc1cc(-c2ccc[nH]2)[nH]c1C=C1C=CC(CCc2ccccc2)=N1.Cl. The highest BCUT2D eigenvalue weighted by Crippen LogP contribution is 2.29. The first-order chi connectivity index (χ1) is 13.3. The predicted octanol–water partition coefficient (Wildman–Crippen LogP) is 5.81. The van der Waals surface area contributed by atoms with Crippen molar-refractivity contribution >= 4 is 24.2 Å². The van der Waals surface area contributed by atoms with Gasteiger partial charge in [0, 0.05) is 18.0 Å². The molecule has 1 aliphatic heterocycles. The van der Waals surface area contributed by atoms with Gasteiger partial charge in [0.2, 0.25) is 0 Å². The molecule has 3 heterocycles. The zero-order valence-electron chi connectivity index (χ0n) is 15.8. The van der Waals surface area contributed by atoms with Crippen LogP contribution < -0.4 is 4.74 Å². The minimum atomic E-state index is 0. The minimum Gasteiger partial charge on any atom is -0.492 e. The van der Waals surface area contributed by atoms with E-state index in [4.69, 9.17) is 9.73 Å². The Kier molecular flexibility index (Phi) is 6.56. The molecule has 1 aliphatic rings. The zero-order chi connectivity index (χ0) is 18.5. The van der Waals surface area contributed by atoms with Crippen LogP contribution in [0.15, 0.2) is 77.6 Å². The van der Waals surface area contributed by atoms with E-state index < -0.39 is 0 Å². The topological polar surface area (TPSA) is 53.2 Å². The molecule has 4 nitrogen and oxygen atoms in total. The molecule has 5 heteroatoms. The Morgan fingerprint density at radius 2 is 1.86 bits per heavy atom. The normalized spacial score (nSPS) is 14.2. The molecule has 0 radical (unpaired) electrons. The van der Waals surface area contributed by atoms with Gasteiger partial charge in [0.05, 0.1) is 29.4 Å². The van der Waals surface area contributed by atoms with Crippen molar-refractivity contribution in [2.45, 2.75) is 19.8 Å². The van der Waals surface area contributed by atoms with Gasteiger partial charge in [-0.3, -0.25) is 4.99 Å². The van der Waals surface area contributed by atoms with Gasteiger partial charge in [0.25, 0.3) is 0 Å². The molecule has 28 heavy (non-hydrogen) atoms. The van der Waals surface area contributed by atoms with E-state index in [1.807, 2.05) is 43.5 Å². The number of ether oxygens (including phenoxy) is 1. The van der Waals surface area contributed by atoms with Crippen LogP contribution in [0.5, 0.6) is 5.75 Å². The van der Waals surface area contributed by atoms with Crippen LogP contribution >= 0.6 is 12.4 Å². The number of rotatable bonds is 7. The molecule has 0 atom stereocenters. The number of halogens is 1. The van der Waals surface area contributed by atoms with E-state index in [9.17, 15) is 0 Å². The number of benzene rings is 1. The van der Waals surface area contributed by atoms with Crippen LogP contribution in [0, 0.1) is 0 Å². The summed E-state index contributed by atoms with van der Waals surface area (Å²) in [6, 6.07) is 16.6. The number of aromatic nitrogens is 2. The van der Waals surface area contributed by atoms with E-state index in [2.05, 4.69) is 46.4 Å². The third-order valence-corrected chi connectivity index (χ3v) is 4.52. The van der Waals surface area contributed by atoms with Crippen LogP contribution in [0.3, 0.4) is 0 Å². The zero-order valence-corrected chi connectivity index (χ0v) is 16.6. The predicted molar refractivity (Wildman–Crippen MR) is 118 cm³/mol. The first-order valence-corrected chi connectivity index (χ1v) is 9.32. The van der Waals surface area contributed by atoms with Crippen molar-refractivity contribution in [1.82, 2.24) is 9.97 Å². The van der Waals surface area contributed by atoms with Crippen molar-refractivity contribution in [3.8, 4) is 17.1 Å². The first kappa shape index (κ1) is 19.8. The number of aromatic amines is 2. The fraction of sp³-hybridized carbons (Fsp3) is 0.174. The van der Waals surface area contributed by atoms with Gasteiger partial charge < -0.3 is 14.7 Å². The Bertz CT molecular complexity index is 982. The van der Waals surface area contributed by atoms with Crippen LogP contribution in [-0.4, -0.2) is 22.3 Å². The first-order valence-electron chi connectivity index (χ1n) is 9.32. The van der Waals surface area contributed by atoms with Crippen molar-refractivity contribution < 1.29 is 4.74 Å². The van der Waals surface area contributed by atoms with E-state index >= 15 is 0 Å². The lowest BCUT2D eigenvalue weighted by molar-refractivity contribution is 0.340. The standard InChI is InChI=1S/C23H23N3O.ClH/c1-2-27-23-16-21(20-9-6-14-24-20)26-22(23)15-19-13-12-18(25-19)11-10-17-7-4-3-5-8-17;/h3-9,12-16,24,26H,2,10-11H2,1H3;1H. The summed E-state index contributed by atoms with van der Waals surface area (Å²) in [7, 11) is 0. The number of nitrogens with zero attached hydrogens (tertiary/aromatic N) is 1. The highest BCUT2D eigenvalue weighted by Gasteiger charge is 2.12. The Hall–Kier alpha value is -2.98. The second-order valence-corrected chi connectivity index (χ2v) is 6.47. The van der Waals surface area contributed by atoms with E-state index in [-0.39, 0.29) is 12.4 Å². The lowest BCUT2D eigenvalue weighted by Gasteiger charge is -2.01. The molecule has 144 valence electrons. The number of nitrogens with one attached hydrogen (secondary N) is 2. The second-order valence-electron chi connectivity index (χ2n) is 6.47. The van der Waals surface area contributed by atoms with E-state index in [0.717, 1.165) is 47.1 Å². The third kappa shape index (κ3) is 4.65. The summed E-state index contributed by atoms with van der Waals surface area (Å²) >= 11 is 0. The molecular weight excluding hydrogens is 370 g/mol. The fourth-order valence-electron chi connectivity index (χ4n) is 3.18. The Labute approximate surface area is 171 Å². The van der Waals surface area contributed by atoms with Gasteiger partial charge in [-0.2, -0.15) is 0 Å². The molecule has 0 saturated heterocycles. The number of hydrogen-bond donors (Lipinski definition) is 2. The van der Waals surface area contributed by atoms with Crippen LogP contribution in [-0.2, 0) is 6.42 Å². The summed E-state index contributed by atoms with van der Waals surface area (Å²) in [5, 5.41) is 0. The monoisotopic (exact) mass is 393 g/mol. The molecule has 4 rings (SSSR count). The number of hydrogen-bond acceptors (Lipinski definition) is 2. The van der Waals surface area contributed by atoms with Crippen LogP contribution in [0.4, 0.5) is 0 Å². The molecule has 0 saturated carbocycles. The summed E-state index contributed by atoms with van der Waals surface area (Å²) in [4.78, 5) is 11.4. The fourth-order valence-corrected chi connectivity index (χ4v) is 3.18. The van der Waals surface area contributed by atoms with E-state index in [1.54, 1.807) is 0 Å². The van der Waals surface area contributed by atoms with Gasteiger partial charge in [0.1, 0.15) is 5.75 Å². The van der Waals surface area contributed by atoms with E-state index in [0.29, 0.717) is 6.61 Å². The summed E-state index contributed by atoms with van der Waals surface area (Å²) in [6.45, 7) is 2.62. The molecule has 0 aliphatic carbocycles. The molecule has 0 bridgehead atoms. The summed E-state index contributed by atoms with van der Waals surface area (Å²) in [6.07, 6.45) is 10.1. The molecule has 0 unspecified atom stereocenters. The Balaban J connectivity index is 0.00000225. The maximum Gasteiger partial charge on any atom is 0.144 e. The second kappa shape index (κ2) is 9.29. The molecular formula is C23H24ClN3O. The van der Waals surface area contributed by atoms with Crippen LogP contribution in [0.1, 0.15) is 24.6 Å². The molecule has 3 aromatic rings. The Morgan fingerprint density at radius 1 is 1.00 bits per heavy atom. The molecule has 0 spiro atoms. The van der Waals surface area contributed by atoms with Crippen molar-refractivity contribution in [1.29, 1.82) is 0 Å². The van der Waals surface area contributed by atoms with Gasteiger partial charge in [-0.1, -0.05) is 30.3 Å². The Morgan fingerprint density at radius 3 is 2.61 bits per heavy atom. The molecule has 2 N–H and O–H groups in total. The van der Waals surface area contributed by atoms with Crippen molar-refractivity contribution in [2.75, 3.05) is 6.61 Å². The number of H-pyrrole nitrogens is 2. The highest BCUT2D eigenvalue weighted by molar-refractivity contribution is 5.99. The van der Waals surface area contributed by atoms with Crippen LogP contribution in [0.2, 0.25) is 0 Å². The molecule has 2 aromatic heterocycles. The lowest BCUT2D eigenvalue weighted by Crippen LogP contribution is -1.94. The van der Waals surface area contributed by atoms with E-state index in [1.165, 1.54) is 5.56 Å². The van der Waals surface area contributed by atoms with Gasteiger partial charge >= 0.3 is 0 Å². The van der Waals surface area contributed by atoms with Gasteiger partial charge in [-0.15, -0.1) is 12.4 Å². The van der Waals surface area contributed by atoms with Crippen molar-refractivity contribution in [3.05, 3.63) is 83.8 Å². The quantitative estimate of drug-likeness (QED) is 0.522. The van der Waals surface area contributed by atoms with Gasteiger partial charge in [-0.25, -0.2) is 0 Å².